The van der Waals surface area contributed by atoms with Crippen molar-refractivity contribution < 1.29 is 18.7 Å². The van der Waals surface area contributed by atoms with E-state index in [1.165, 1.54) is 30.5 Å². The Morgan fingerprint density at radius 1 is 1.12 bits per heavy atom. The molecular formula is C26H21F2N3O3. The van der Waals surface area contributed by atoms with E-state index in [-0.39, 0.29) is 23.1 Å². The molecule has 1 aliphatic heterocycles. The molecular weight excluding hydrogens is 440 g/mol. The average molecular weight is 461 g/mol. The third kappa shape index (κ3) is 3.42. The lowest BCUT2D eigenvalue weighted by Crippen LogP contribution is -2.31. The van der Waals surface area contributed by atoms with Crippen LogP contribution in [0.25, 0.3) is 33.8 Å². The highest BCUT2D eigenvalue weighted by Crippen LogP contribution is 2.44. The summed E-state index contributed by atoms with van der Waals surface area (Å²) < 4.78 is 32.2. The minimum Gasteiger partial charge on any atom is -0.477 e. The van der Waals surface area contributed by atoms with Crippen molar-refractivity contribution in [3.05, 3.63) is 88.2 Å². The summed E-state index contributed by atoms with van der Waals surface area (Å²) in [5.74, 6) is -2.09. The third-order valence-electron chi connectivity index (χ3n) is 6.25. The van der Waals surface area contributed by atoms with Gasteiger partial charge >= 0.3 is 5.97 Å². The van der Waals surface area contributed by atoms with Gasteiger partial charge in [-0.2, -0.15) is 5.10 Å². The van der Waals surface area contributed by atoms with Crippen molar-refractivity contribution in [3.8, 4) is 33.8 Å². The van der Waals surface area contributed by atoms with Crippen molar-refractivity contribution in [2.24, 2.45) is 5.92 Å². The molecule has 6 nitrogen and oxygen atoms in total. The molecule has 8 heteroatoms. The number of carbonyl (C=O) groups is 1. The van der Waals surface area contributed by atoms with Gasteiger partial charge < -0.3 is 9.67 Å². The minimum atomic E-state index is -1.30. The number of hydrogen-bond acceptors (Lipinski definition) is 3. The van der Waals surface area contributed by atoms with Crippen LogP contribution in [-0.4, -0.2) is 25.4 Å². The molecule has 1 atom stereocenters. The van der Waals surface area contributed by atoms with Gasteiger partial charge in [0.15, 0.2) is 5.43 Å². The zero-order valence-electron chi connectivity index (χ0n) is 18.5. The summed E-state index contributed by atoms with van der Waals surface area (Å²) in [6, 6.07) is 13.1. The number of hydrogen-bond donors (Lipinski definition) is 1. The number of fused-ring (bicyclic) bond motifs is 3. The molecule has 2 aromatic heterocycles. The first-order valence-corrected chi connectivity index (χ1v) is 10.9. The number of aromatic carboxylic acids is 1. The highest BCUT2D eigenvalue weighted by molar-refractivity contribution is 5.92. The summed E-state index contributed by atoms with van der Waals surface area (Å²) >= 11 is 0. The van der Waals surface area contributed by atoms with Crippen LogP contribution in [-0.2, 0) is 6.54 Å². The summed E-state index contributed by atoms with van der Waals surface area (Å²) in [5, 5.41) is 14.3. The van der Waals surface area contributed by atoms with Crippen LogP contribution in [0.5, 0.6) is 0 Å². The van der Waals surface area contributed by atoms with Gasteiger partial charge in [-0.1, -0.05) is 32.0 Å². The minimum absolute atomic E-state index is 0.0893. The molecule has 3 heterocycles. The number of pyridine rings is 1. The van der Waals surface area contributed by atoms with E-state index in [9.17, 15) is 19.1 Å². The largest absolute Gasteiger partial charge is 0.477 e. The van der Waals surface area contributed by atoms with Gasteiger partial charge in [-0.15, -0.1) is 0 Å². The Morgan fingerprint density at radius 2 is 1.82 bits per heavy atom. The van der Waals surface area contributed by atoms with Crippen molar-refractivity contribution in [2.75, 3.05) is 0 Å². The van der Waals surface area contributed by atoms with Crippen LogP contribution in [0.15, 0.2) is 65.6 Å². The lowest BCUT2D eigenvalue weighted by atomic mass is 9.94. The zero-order valence-corrected chi connectivity index (χ0v) is 18.5. The molecule has 4 aromatic rings. The van der Waals surface area contributed by atoms with Gasteiger partial charge in [0.1, 0.15) is 22.9 Å². The molecule has 172 valence electrons. The lowest BCUT2D eigenvalue weighted by molar-refractivity contribution is 0.0694. The van der Waals surface area contributed by atoms with Crippen LogP contribution in [0.3, 0.4) is 0 Å². The first-order valence-electron chi connectivity index (χ1n) is 10.9. The first-order chi connectivity index (χ1) is 16.3. The highest BCUT2D eigenvalue weighted by Gasteiger charge is 2.33. The van der Waals surface area contributed by atoms with Crippen molar-refractivity contribution in [2.45, 2.75) is 26.4 Å². The van der Waals surface area contributed by atoms with Crippen LogP contribution in [0.1, 0.15) is 30.2 Å². The molecule has 0 amide bonds. The first kappa shape index (κ1) is 21.8. The molecule has 0 spiro atoms. The lowest BCUT2D eigenvalue weighted by Gasteiger charge is -2.32. The van der Waals surface area contributed by atoms with Gasteiger partial charge in [0, 0.05) is 29.0 Å². The Hall–Kier alpha value is -4.07. The molecule has 1 aliphatic rings. The molecule has 0 aliphatic carbocycles. The van der Waals surface area contributed by atoms with E-state index in [1.807, 2.05) is 13.8 Å². The van der Waals surface area contributed by atoms with Crippen LogP contribution in [0.2, 0.25) is 0 Å². The second kappa shape index (κ2) is 8.06. The van der Waals surface area contributed by atoms with Gasteiger partial charge in [-0.05, 0) is 36.2 Å². The van der Waals surface area contributed by atoms with Gasteiger partial charge in [0.05, 0.1) is 24.0 Å². The molecule has 2 aromatic carbocycles. The van der Waals surface area contributed by atoms with E-state index >= 15 is 4.39 Å². The molecule has 0 unspecified atom stereocenters. The Balaban J connectivity index is 1.88. The second-order valence-electron chi connectivity index (χ2n) is 8.70. The number of aromatic nitrogens is 3. The third-order valence-corrected chi connectivity index (χ3v) is 6.25. The normalized spacial score (nSPS) is 14.7. The number of halogens is 2. The fraction of sp³-hybridized carbons (Fsp3) is 0.192. The maximum atomic E-state index is 15.1. The Labute approximate surface area is 193 Å². The zero-order chi connectivity index (χ0) is 24.1. The van der Waals surface area contributed by atoms with Gasteiger partial charge in [-0.25, -0.2) is 13.6 Å². The Bertz CT molecular complexity index is 1490. The van der Waals surface area contributed by atoms with Crippen LogP contribution < -0.4 is 5.43 Å². The molecule has 0 saturated heterocycles. The number of carboxylic acid groups (broad SMARTS) is 1. The quantitative estimate of drug-likeness (QED) is 0.451. The fourth-order valence-electron chi connectivity index (χ4n) is 4.55. The molecule has 0 saturated carbocycles. The summed E-state index contributed by atoms with van der Waals surface area (Å²) in [4.78, 5) is 24.4. The van der Waals surface area contributed by atoms with E-state index < -0.39 is 23.0 Å². The van der Waals surface area contributed by atoms with E-state index in [0.717, 1.165) is 0 Å². The van der Waals surface area contributed by atoms with Crippen LogP contribution in [0, 0.1) is 17.6 Å². The van der Waals surface area contributed by atoms with Crippen molar-refractivity contribution >= 4 is 5.97 Å². The van der Waals surface area contributed by atoms with Crippen LogP contribution >= 0.6 is 0 Å². The van der Waals surface area contributed by atoms with Gasteiger partial charge in [0.2, 0.25) is 0 Å². The predicted octanol–water partition coefficient (Wildman–Crippen LogP) is 5.23. The summed E-state index contributed by atoms with van der Waals surface area (Å²) in [6.07, 6.45) is 1.36. The second-order valence-corrected chi connectivity index (χ2v) is 8.70. The van der Waals surface area contributed by atoms with Gasteiger partial charge in [-0.3, -0.25) is 9.48 Å². The average Bonchev–Trinajstić information content (AvgIpc) is 3.18. The SMILES string of the molecule is CC(C)[C@@H]1Cn2nc(-c3ccc(F)cc3)c(-c3ccccc3F)c2-c2cc(=O)c(C(=O)O)cn21. The number of rotatable bonds is 4. The topological polar surface area (TPSA) is 77.1 Å². The van der Waals surface area contributed by atoms with E-state index in [2.05, 4.69) is 0 Å². The maximum Gasteiger partial charge on any atom is 0.341 e. The number of carboxylic acids is 1. The molecule has 34 heavy (non-hydrogen) atoms. The summed E-state index contributed by atoms with van der Waals surface area (Å²) in [5.41, 5.74) is 1.79. The van der Waals surface area contributed by atoms with Crippen molar-refractivity contribution in [1.82, 2.24) is 14.3 Å². The van der Waals surface area contributed by atoms with E-state index in [0.29, 0.717) is 34.8 Å². The Morgan fingerprint density at radius 3 is 2.47 bits per heavy atom. The van der Waals surface area contributed by atoms with E-state index in [1.54, 1.807) is 39.6 Å². The Kier molecular flexibility index (Phi) is 5.16. The molecule has 5 rings (SSSR count). The summed E-state index contributed by atoms with van der Waals surface area (Å²) in [6.45, 7) is 4.39. The highest BCUT2D eigenvalue weighted by atomic mass is 19.1. The van der Waals surface area contributed by atoms with Crippen molar-refractivity contribution in [3.63, 3.8) is 0 Å². The van der Waals surface area contributed by atoms with Crippen LogP contribution in [0.4, 0.5) is 8.78 Å². The predicted molar refractivity (Wildman–Crippen MR) is 124 cm³/mol. The van der Waals surface area contributed by atoms with Gasteiger partial charge in [0.25, 0.3) is 0 Å². The molecule has 1 N–H and O–H groups in total. The molecule has 0 radical (unpaired) electrons. The molecule has 0 bridgehead atoms. The monoisotopic (exact) mass is 461 g/mol. The molecule has 0 fully saturated rings. The maximum absolute atomic E-state index is 15.1. The smallest absolute Gasteiger partial charge is 0.341 e. The summed E-state index contributed by atoms with van der Waals surface area (Å²) in [7, 11) is 0. The van der Waals surface area contributed by atoms with E-state index in [4.69, 9.17) is 5.10 Å². The number of benzene rings is 2. The van der Waals surface area contributed by atoms with Crippen molar-refractivity contribution in [1.29, 1.82) is 0 Å². The standard InChI is InChI=1S/C26H21F2N3O3/c1-14(2)21-13-31-25(20-11-22(32)18(26(33)34)12-30(20)21)23(17-5-3-4-6-19(17)28)24(29-31)15-7-9-16(27)10-8-15/h3-12,14,21H,13H2,1-2H3,(H,33,34)/t21-/m0/s1. The fourth-order valence-corrected chi connectivity index (χ4v) is 4.55. The number of nitrogens with zero attached hydrogens (tertiary/aromatic N) is 3.